The van der Waals surface area contributed by atoms with Gasteiger partial charge in [0.2, 0.25) is 5.91 Å². The Morgan fingerprint density at radius 2 is 1.96 bits per heavy atom. The summed E-state index contributed by atoms with van der Waals surface area (Å²) in [6.07, 6.45) is 4.91. The number of rotatable bonds is 5. The van der Waals surface area contributed by atoms with Crippen molar-refractivity contribution in [2.24, 2.45) is 0 Å². The predicted octanol–water partition coefficient (Wildman–Crippen LogP) is 1.86. The fourth-order valence-corrected chi connectivity index (χ4v) is 2.83. The first-order valence-electron chi connectivity index (χ1n) is 8.29. The maximum absolute atomic E-state index is 12.1. The molecule has 3 rings (SSSR count). The second-order valence-corrected chi connectivity index (χ2v) is 6.01. The van der Waals surface area contributed by atoms with E-state index in [1.165, 1.54) is 6.20 Å². The Kier molecular flexibility index (Phi) is 5.54. The second kappa shape index (κ2) is 8.22. The van der Waals surface area contributed by atoms with Crippen molar-refractivity contribution in [2.45, 2.75) is 18.9 Å². The molecule has 2 aromatic rings. The van der Waals surface area contributed by atoms with Crippen LogP contribution in [0, 0.1) is 11.3 Å². The van der Waals surface area contributed by atoms with Gasteiger partial charge in [0.25, 0.3) is 0 Å². The van der Waals surface area contributed by atoms with Crippen molar-refractivity contribution in [3.8, 4) is 6.07 Å². The first kappa shape index (κ1) is 16.9. The fourth-order valence-electron chi connectivity index (χ4n) is 2.83. The fraction of sp³-hybridized carbons (Fsp3) is 0.333. The molecule has 1 fully saturated rings. The largest absolute Gasteiger partial charge is 0.366 e. The van der Waals surface area contributed by atoms with E-state index >= 15 is 0 Å². The van der Waals surface area contributed by atoms with Gasteiger partial charge in [0.15, 0.2) is 5.69 Å². The molecule has 0 spiro atoms. The van der Waals surface area contributed by atoms with E-state index in [2.05, 4.69) is 25.5 Å². The number of hydrogen-bond donors (Lipinski definition) is 2. The van der Waals surface area contributed by atoms with Gasteiger partial charge in [-0.1, -0.05) is 18.2 Å². The molecule has 0 bridgehead atoms. The van der Waals surface area contributed by atoms with Crippen molar-refractivity contribution < 1.29 is 4.79 Å². The topological polar surface area (TPSA) is 93.9 Å². The lowest BCUT2D eigenvalue weighted by molar-refractivity contribution is -0.117. The summed E-state index contributed by atoms with van der Waals surface area (Å²) in [6, 6.07) is 11.7. The van der Waals surface area contributed by atoms with Crippen molar-refractivity contribution >= 4 is 17.4 Å². The Labute approximate surface area is 146 Å². The molecule has 0 unspecified atom stereocenters. The van der Waals surface area contributed by atoms with Crippen LogP contribution >= 0.6 is 0 Å². The van der Waals surface area contributed by atoms with Crippen LogP contribution in [0.3, 0.4) is 0 Å². The van der Waals surface area contributed by atoms with E-state index in [1.807, 2.05) is 36.4 Å². The van der Waals surface area contributed by atoms with Crippen molar-refractivity contribution in [1.29, 1.82) is 5.26 Å². The van der Waals surface area contributed by atoms with E-state index in [1.54, 1.807) is 6.20 Å². The molecule has 1 saturated heterocycles. The molecule has 7 heteroatoms. The zero-order valence-electron chi connectivity index (χ0n) is 13.9. The number of anilines is 2. The van der Waals surface area contributed by atoms with Crippen LogP contribution in [0.4, 0.5) is 11.5 Å². The van der Waals surface area contributed by atoms with E-state index in [-0.39, 0.29) is 5.91 Å². The number of benzene rings is 1. The third kappa shape index (κ3) is 4.99. The number of carbonyl (C=O) groups excluding carboxylic acids is 1. The Hall–Kier alpha value is -2.98. The summed E-state index contributed by atoms with van der Waals surface area (Å²) in [6.45, 7) is 2.10. The highest BCUT2D eigenvalue weighted by Gasteiger charge is 2.21. The van der Waals surface area contributed by atoms with Gasteiger partial charge < -0.3 is 10.6 Å². The van der Waals surface area contributed by atoms with Gasteiger partial charge in [-0.3, -0.25) is 9.69 Å². The molecule has 1 amide bonds. The molecule has 25 heavy (non-hydrogen) atoms. The summed E-state index contributed by atoms with van der Waals surface area (Å²) in [7, 11) is 0. The van der Waals surface area contributed by atoms with Gasteiger partial charge in [0.1, 0.15) is 11.9 Å². The minimum atomic E-state index is 0.00979. The number of likely N-dealkylation sites (tertiary alicyclic amines) is 1. The molecule has 0 atom stereocenters. The Morgan fingerprint density at radius 3 is 2.60 bits per heavy atom. The van der Waals surface area contributed by atoms with Crippen LogP contribution in [0.15, 0.2) is 42.7 Å². The summed E-state index contributed by atoms with van der Waals surface area (Å²) in [4.78, 5) is 22.4. The van der Waals surface area contributed by atoms with Crippen molar-refractivity contribution in [2.75, 3.05) is 30.3 Å². The molecule has 0 saturated carbocycles. The molecule has 1 aromatic carbocycles. The van der Waals surface area contributed by atoms with Crippen LogP contribution in [-0.2, 0) is 4.79 Å². The van der Waals surface area contributed by atoms with Gasteiger partial charge in [-0.25, -0.2) is 9.97 Å². The molecule has 2 N–H and O–H groups in total. The lowest BCUT2D eigenvalue weighted by Gasteiger charge is -2.32. The molecule has 2 heterocycles. The van der Waals surface area contributed by atoms with Crippen LogP contribution in [-0.4, -0.2) is 46.5 Å². The van der Waals surface area contributed by atoms with Crippen molar-refractivity contribution in [1.82, 2.24) is 14.9 Å². The average molecular weight is 336 g/mol. The maximum atomic E-state index is 12.1. The number of para-hydroxylation sites is 1. The molecule has 1 aliphatic heterocycles. The number of amides is 1. The van der Waals surface area contributed by atoms with E-state index in [9.17, 15) is 4.79 Å². The Bertz CT molecular complexity index is 732. The van der Waals surface area contributed by atoms with Crippen LogP contribution in [0.1, 0.15) is 18.5 Å². The molecule has 7 nitrogen and oxygen atoms in total. The number of nitriles is 1. The number of carbonyl (C=O) groups is 1. The zero-order chi connectivity index (χ0) is 17.5. The SMILES string of the molecule is N#Cc1cnc(NC2CCN(CC(=O)Nc3ccccc3)CC2)cn1. The van der Waals surface area contributed by atoms with Gasteiger partial charge in [-0.05, 0) is 25.0 Å². The van der Waals surface area contributed by atoms with Gasteiger partial charge >= 0.3 is 0 Å². The van der Waals surface area contributed by atoms with Gasteiger partial charge in [0, 0.05) is 24.8 Å². The molecule has 128 valence electrons. The third-order valence-electron chi connectivity index (χ3n) is 4.13. The summed E-state index contributed by atoms with van der Waals surface area (Å²) in [5.74, 6) is 0.690. The lowest BCUT2D eigenvalue weighted by atomic mass is 10.1. The molecule has 0 aliphatic carbocycles. The molecule has 1 aromatic heterocycles. The van der Waals surface area contributed by atoms with Gasteiger partial charge in [0.05, 0.1) is 18.9 Å². The summed E-state index contributed by atoms with van der Waals surface area (Å²) in [5.41, 5.74) is 1.13. The standard InChI is InChI=1S/C18H20N6O/c19-10-16-11-21-17(12-20-16)22-15-6-8-24(9-7-15)13-18(25)23-14-4-2-1-3-5-14/h1-5,11-12,15H,6-9,13H2,(H,21,22)(H,23,25). The highest BCUT2D eigenvalue weighted by molar-refractivity contribution is 5.92. The maximum Gasteiger partial charge on any atom is 0.238 e. The third-order valence-corrected chi connectivity index (χ3v) is 4.13. The average Bonchev–Trinajstić information content (AvgIpc) is 2.65. The van der Waals surface area contributed by atoms with E-state index in [0.717, 1.165) is 31.6 Å². The molecular weight excluding hydrogens is 316 g/mol. The van der Waals surface area contributed by atoms with Crippen LogP contribution in [0.2, 0.25) is 0 Å². The van der Waals surface area contributed by atoms with Crippen LogP contribution < -0.4 is 10.6 Å². The summed E-state index contributed by atoms with van der Waals surface area (Å²) in [5, 5.41) is 15.0. The first-order chi connectivity index (χ1) is 12.2. The monoisotopic (exact) mass is 336 g/mol. The predicted molar refractivity (Wildman–Crippen MR) is 94.9 cm³/mol. The lowest BCUT2D eigenvalue weighted by Crippen LogP contribution is -2.42. The number of hydrogen-bond acceptors (Lipinski definition) is 6. The zero-order valence-corrected chi connectivity index (χ0v) is 13.9. The highest BCUT2D eigenvalue weighted by Crippen LogP contribution is 2.15. The molecular formula is C18H20N6O. The smallest absolute Gasteiger partial charge is 0.238 e. The highest BCUT2D eigenvalue weighted by atomic mass is 16.2. The Balaban J connectivity index is 1.42. The number of nitrogens with zero attached hydrogens (tertiary/aromatic N) is 4. The quantitative estimate of drug-likeness (QED) is 0.865. The minimum absolute atomic E-state index is 0.00979. The van der Waals surface area contributed by atoms with E-state index < -0.39 is 0 Å². The first-order valence-corrected chi connectivity index (χ1v) is 8.29. The summed E-state index contributed by atoms with van der Waals surface area (Å²) < 4.78 is 0. The van der Waals surface area contributed by atoms with Crippen LogP contribution in [0.25, 0.3) is 0 Å². The van der Waals surface area contributed by atoms with Crippen molar-refractivity contribution in [3.63, 3.8) is 0 Å². The number of aromatic nitrogens is 2. The van der Waals surface area contributed by atoms with Gasteiger partial charge in [-0.2, -0.15) is 5.26 Å². The number of nitrogens with one attached hydrogen (secondary N) is 2. The van der Waals surface area contributed by atoms with Gasteiger partial charge in [-0.15, -0.1) is 0 Å². The minimum Gasteiger partial charge on any atom is -0.366 e. The molecule has 0 radical (unpaired) electrons. The Morgan fingerprint density at radius 1 is 1.20 bits per heavy atom. The van der Waals surface area contributed by atoms with E-state index in [4.69, 9.17) is 5.26 Å². The molecule has 1 aliphatic rings. The second-order valence-electron chi connectivity index (χ2n) is 6.01. The summed E-state index contributed by atoms with van der Waals surface area (Å²) >= 11 is 0. The number of piperidine rings is 1. The van der Waals surface area contributed by atoms with E-state index in [0.29, 0.717) is 24.1 Å². The normalized spacial score (nSPS) is 15.3. The van der Waals surface area contributed by atoms with Crippen LogP contribution in [0.5, 0.6) is 0 Å². The van der Waals surface area contributed by atoms with Crippen molar-refractivity contribution in [3.05, 3.63) is 48.4 Å².